The van der Waals surface area contributed by atoms with Crippen LogP contribution in [0.25, 0.3) is 6.08 Å². The van der Waals surface area contributed by atoms with Crippen LogP contribution in [0.5, 0.6) is 0 Å². The van der Waals surface area contributed by atoms with Gasteiger partial charge in [0.2, 0.25) is 5.78 Å². The molecule has 0 fully saturated rings. The van der Waals surface area contributed by atoms with Crippen molar-refractivity contribution in [2.45, 2.75) is 46.4 Å². The summed E-state index contributed by atoms with van der Waals surface area (Å²) in [4.78, 5) is 24.1. The van der Waals surface area contributed by atoms with Gasteiger partial charge >= 0.3 is 5.97 Å². The predicted octanol–water partition coefficient (Wildman–Crippen LogP) is 5.51. The van der Waals surface area contributed by atoms with E-state index in [9.17, 15) is 9.59 Å². The fourth-order valence-electron chi connectivity index (χ4n) is 3.25. The van der Waals surface area contributed by atoms with Crippen LogP contribution in [0.3, 0.4) is 0 Å². The molecule has 0 saturated carbocycles. The smallest absolute Gasteiger partial charge is 0.335 e. The SMILES string of the molecule is C/C(=C\c1ccc(COC(C)(C)C(=O)O)cc1)Cn1cccc1C(=O)c1ccc(C)cc1. The van der Waals surface area contributed by atoms with Gasteiger partial charge in [0.15, 0.2) is 5.60 Å². The molecule has 0 aliphatic carbocycles. The zero-order valence-corrected chi connectivity index (χ0v) is 19.0. The molecular weight excluding hydrogens is 402 g/mol. The van der Waals surface area contributed by atoms with Gasteiger partial charge < -0.3 is 14.4 Å². The van der Waals surface area contributed by atoms with Crippen LogP contribution >= 0.6 is 0 Å². The third kappa shape index (κ3) is 5.83. The second-order valence-electron chi connectivity index (χ2n) is 8.55. The van der Waals surface area contributed by atoms with Gasteiger partial charge in [-0.2, -0.15) is 0 Å². The van der Waals surface area contributed by atoms with Crippen molar-refractivity contribution in [3.63, 3.8) is 0 Å². The van der Waals surface area contributed by atoms with Gasteiger partial charge in [-0.15, -0.1) is 0 Å². The van der Waals surface area contributed by atoms with E-state index in [1.165, 1.54) is 13.8 Å². The fourth-order valence-corrected chi connectivity index (χ4v) is 3.25. The van der Waals surface area contributed by atoms with Crippen LogP contribution in [0, 0.1) is 6.92 Å². The van der Waals surface area contributed by atoms with Crippen LogP contribution in [-0.2, 0) is 22.7 Å². The average molecular weight is 432 g/mol. The van der Waals surface area contributed by atoms with Crippen molar-refractivity contribution in [3.05, 3.63) is 100 Å². The Kier molecular flexibility index (Phi) is 7.11. The molecule has 5 heteroatoms. The fraction of sp³-hybridized carbons (Fsp3) is 0.259. The zero-order chi connectivity index (χ0) is 23.3. The summed E-state index contributed by atoms with van der Waals surface area (Å²) < 4.78 is 7.46. The summed E-state index contributed by atoms with van der Waals surface area (Å²) in [6, 6.07) is 19.2. The minimum atomic E-state index is -1.22. The van der Waals surface area contributed by atoms with Gasteiger partial charge in [-0.1, -0.05) is 65.7 Å². The molecule has 2 aromatic carbocycles. The van der Waals surface area contributed by atoms with Crippen LogP contribution < -0.4 is 0 Å². The minimum absolute atomic E-state index is 0.0106. The summed E-state index contributed by atoms with van der Waals surface area (Å²) in [6.45, 7) is 7.95. The van der Waals surface area contributed by atoms with Gasteiger partial charge in [-0.3, -0.25) is 4.79 Å². The number of carboxylic acids is 1. The van der Waals surface area contributed by atoms with Gasteiger partial charge in [0.05, 0.1) is 12.3 Å². The Morgan fingerprint density at radius 3 is 2.31 bits per heavy atom. The lowest BCUT2D eigenvalue weighted by atomic mass is 10.1. The third-order valence-corrected chi connectivity index (χ3v) is 5.30. The molecule has 0 unspecified atom stereocenters. The first-order valence-corrected chi connectivity index (χ1v) is 10.6. The van der Waals surface area contributed by atoms with E-state index in [2.05, 4.69) is 6.08 Å². The maximum Gasteiger partial charge on any atom is 0.335 e. The van der Waals surface area contributed by atoms with Crippen molar-refractivity contribution in [1.29, 1.82) is 0 Å². The molecule has 0 amide bonds. The molecule has 3 rings (SSSR count). The standard InChI is InChI=1S/C27H29NO4/c1-19-7-13-23(14-8-19)25(29)24-6-5-15-28(24)17-20(2)16-21-9-11-22(12-10-21)18-32-27(3,4)26(30)31/h5-16H,17-18H2,1-4H3,(H,30,31)/b20-16+. The maximum absolute atomic E-state index is 12.9. The monoisotopic (exact) mass is 431 g/mol. The lowest BCUT2D eigenvalue weighted by molar-refractivity contribution is -0.162. The second-order valence-corrected chi connectivity index (χ2v) is 8.55. The van der Waals surface area contributed by atoms with E-state index < -0.39 is 11.6 Å². The average Bonchev–Trinajstić information content (AvgIpc) is 3.21. The number of benzene rings is 2. The number of aromatic nitrogens is 1. The normalized spacial score (nSPS) is 12.1. The van der Waals surface area contributed by atoms with E-state index >= 15 is 0 Å². The molecule has 0 aliphatic heterocycles. The molecule has 5 nitrogen and oxygen atoms in total. The summed E-state index contributed by atoms with van der Waals surface area (Å²) >= 11 is 0. The molecule has 0 saturated heterocycles. The van der Waals surface area contributed by atoms with Gasteiger partial charge in [0, 0.05) is 18.3 Å². The summed E-state index contributed by atoms with van der Waals surface area (Å²) in [5.74, 6) is -0.977. The van der Waals surface area contributed by atoms with E-state index in [1.54, 1.807) is 0 Å². The molecule has 0 radical (unpaired) electrons. The molecule has 0 bridgehead atoms. The number of carboxylic acid groups (broad SMARTS) is 1. The van der Waals surface area contributed by atoms with Crippen molar-refractivity contribution < 1.29 is 19.4 Å². The molecule has 0 aliphatic rings. The Morgan fingerprint density at radius 1 is 1.03 bits per heavy atom. The van der Waals surface area contributed by atoms with Crippen LogP contribution in [0.15, 0.2) is 72.4 Å². The number of ether oxygens (including phenoxy) is 1. The Hall–Kier alpha value is -3.44. The summed E-state index contributed by atoms with van der Waals surface area (Å²) in [5.41, 5.74) is 4.29. The highest BCUT2D eigenvalue weighted by Crippen LogP contribution is 2.17. The van der Waals surface area contributed by atoms with Crippen molar-refractivity contribution in [3.8, 4) is 0 Å². The van der Waals surface area contributed by atoms with Gasteiger partial charge in [0.25, 0.3) is 0 Å². The van der Waals surface area contributed by atoms with Crippen LogP contribution in [-0.4, -0.2) is 27.0 Å². The first-order valence-electron chi connectivity index (χ1n) is 10.6. The topological polar surface area (TPSA) is 68.5 Å². The highest BCUT2D eigenvalue weighted by Gasteiger charge is 2.27. The molecule has 3 aromatic rings. The summed E-state index contributed by atoms with van der Waals surface area (Å²) in [7, 11) is 0. The zero-order valence-electron chi connectivity index (χ0n) is 19.0. The second kappa shape index (κ2) is 9.79. The minimum Gasteiger partial charge on any atom is -0.479 e. The van der Waals surface area contributed by atoms with Crippen molar-refractivity contribution >= 4 is 17.8 Å². The molecule has 1 aromatic heterocycles. The van der Waals surface area contributed by atoms with Crippen LogP contribution in [0.1, 0.15) is 53.5 Å². The molecule has 0 spiro atoms. The Morgan fingerprint density at radius 2 is 1.69 bits per heavy atom. The van der Waals surface area contributed by atoms with Crippen molar-refractivity contribution in [2.75, 3.05) is 0 Å². The number of nitrogens with zero attached hydrogens (tertiary/aromatic N) is 1. The van der Waals surface area contributed by atoms with Crippen LogP contribution in [0.4, 0.5) is 0 Å². The van der Waals surface area contributed by atoms with E-state index in [-0.39, 0.29) is 12.4 Å². The molecule has 1 heterocycles. The summed E-state index contributed by atoms with van der Waals surface area (Å²) in [6.07, 6.45) is 4.00. The quantitative estimate of drug-likeness (QED) is 0.454. The largest absolute Gasteiger partial charge is 0.479 e. The molecule has 32 heavy (non-hydrogen) atoms. The lowest BCUT2D eigenvalue weighted by Crippen LogP contribution is -2.34. The number of ketones is 1. The van der Waals surface area contributed by atoms with E-state index in [4.69, 9.17) is 9.84 Å². The Bertz CT molecular complexity index is 1120. The number of aliphatic carboxylic acids is 1. The Labute approximate surface area is 189 Å². The van der Waals surface area contributed by atoms with Crippen molar-refractivity contribution in [1.82, 2.24) is 4.57 Å². The van der Waals surface area contributed by atoms with E-state index in [0.717, 1.165) is 22.3 Å². The first kappa shape index (κ1) is 23.2. The summed E-state index contributed by atoms with van der Waals surface area (Å²) in [5, 5.41) is 9.14. The molecular formula is C27H29NO4. The number of aryl methyl sites for hydroxylation is 1. The van der Waals surface area contributed by atoms with Crippen molar-refractivity contribution in [2.24, 2.45) is 0 Å². The van der Waals surface area contributed by atoms with Gasteiger partial charge in [-0.25, -0.2) is 4.79 Å². The number of allylic oxidation sites excluding steroid dienone is 1. The van der Waals surface area contributed by atoms with Gasteiger partial charge in [-0.05, 0) is 51.0 Å². The number of carbonyl (C=O) groups excluding carboxylic acids is 1. The highest BCUT2D eigenvalue weighted by atomic mass is 16.5. The molecule has 1 N–H and O–H groups in total. The number of carbonyl (C=O) groups is 2. The predicted molar refractivity (Wildman–Crippen MR) is 126 cm³/mol. The van der Waals surface area contributed by atoms with Crippen LogP contribution in [0.2, 0.25) is 0 Å². The first-order chi connectivity index (χ1) is 15.2. The molecule has 166 valence electrons. The number of hydrogen-bond acceptors (Lipinski definition) is 3. The Balaban J connectivity index is 1.66. The third-order valence-electron chi connectivity index (χ3n) is 5.30. The van der Waals surface area contributed by atoms with Gasteiger partial charge in [0.1, 0.15) is 0 Å². The number of hydrogen-bond donors (Lipinski definition) is 1. The lowest BCUT2D eigenvalue weighted by Gasteiger charge is -2.20. The number of rotatable bonds is 9. The molecule has 0 atom stereocenters. The van der Waals surface area contributed by atoms with E-state index in [0.29, 0.717) is 17.8 Å². The highest BCUT2D eigenvalue weighted by molar-refractivity contribution is 6.08. The van der Waals surface area contributed by atoms with E-state index in [1.807, 2.05) is 85.3 Å². The maximum atomic E-state index is 12.9.